The highest BCUT2D eigenvalue weighted by molar-refractivity contribution is 5.76. The molecule has 18 heavy (non-hydrogen) atoms. The van der Waals surface area contributed by atoms with E-state index in [4.69, 9.17) is 14.7 Å². The lowest BCUT2D eigenvalue weighted by Gasteiger charge is -2.15. The van der Waals surface area contributed by atoms with Gasteiger partial charge in [0, 0.05) is 17.4 Å². The van der Waals surface area contributed by atoms with E-state index in [-0.39, 0.29) is 5.41 Å². The fraction of sp³-hybridized carbons (Fsp3) is 0.429. The number of ether oxygens (including phenoxy) is 2. The summed E-state index contributed by atoms with van der Waals surface area (Å²) in [4.78, 5) is 10.7. The van der Waals surface area contributed by atoms with E-state index in [1.54, 1.807) is 25.3 Å². The van der Waals surface area contributed by atoms with Gasteiger partial charge in [0.2, 0.25) is 0 Å². The number of rotatable bonds is 6. The molecule has 0 amide bonds. The number of carbonyl (C=O) groups is 1. The first-order valence-corrected chi connectivity index (χ1v) is 5.86. The molecule has 0 radical (unpaired) electrons. The Labute approximate surface area is 106 Å². The molecular weight excluding hydrogens is 230 g/mol. The van der Waals surface area contributed by atoms with Crippen LogP contribution >= 0.6 is 0 Å². The predicted octanol–water partition coefficient (Wildman–Crippen LogP) is 2.58. The van der Waals surface area contributed by atoms with Crippen LogP contribution in [0.5, 0.6) is 11.5 Å². The van der Waals surface area contributed by atoms with E-state index in [1.165, 1.54) is 0 Å². The van der Waals surface area contributed by atoms with E-state index in [0.717, 1.165) is 19.1 Å². The van der Waals surface area contributed by atoms with E-state index in [0.29, 0.717) is 30.1 Å². The number of hydrogen-bond acceptors (Lipinski definition) is 4. The lowest BCUT2D eigenvalue weighted by atomic mass is 10.1. The molecule has 0 N–H and O–H groups in total. The summed E-state index contributed by atoms with van der Waals surface area (Å²) in [5, 5.41) is 8.75. The molecule has 0 aromatic heterocycles. The Morgan fingerprint density at radius 3 is 2.78 bits per heavy atom. The van der Waals surface area contributed by atoms with Crippen LogP contribution in [0.25, 0.3) is 0 Å². The Balaban J connectivity index is 2.08. The summed E-state index contributed by atoms with van der Waals surface area (Å²) >= 11 is 0. The summed E-state index contributed by atoms with van der Waals surface area (Å²) in [5.41, 5.74) is 0.563. The van der Waals surface area contributed by atoms with Crippen LogP contribution in [0.1, 0.15) is 29.6 Å². The van der Waals surface area contributed by atoms with Crippen LogP contribution in [0.4, 0.5) is 0 Å². The normalized spacial score (nSPS) is 15.6. The van der Waals surface area contributed by atoms with Gasteiger partial charge in [-0.2, -0.15) is 5.26 Å². The van der Waals surface area contributed by atoms with Crippen LogP contribution in [-0.2, 0) is 0 Å². The van der Waals surface area contributed by atoms with Gasteiger partial charge in [-0.1, -0.05) is 0 Å². The molecule has 1 aromatic rings. The lowest BCUT2D eigenvalue weighted by molar-refractivity contribution is 0.112. The molecule has 1 fully saturated rings. The second-order valence-electron chi connectivity index (χ2n) is 4.65. The number of carbonyl (C=O) groups excluding carboxylic acids is 1. The van der Waals surface area contributed by atoms with Gasteiger partial charge in [-0.05, 0) is 31.0 Å². The van der Waals surface area contributed by atoms with Gasteiger partial charge in [-0.15, -0.1) is 0 Å². The van der Waals surface area contributed by atoms with E-state index in [1.807, 2.05) is 0 Å². The minimum atomic E-state index is 0.0109. The Morgan fingerprint density at radius 2 is 2.22 bits per heavy atom. The van der Waals surface area contributed by atoms with Gasteiger partial charge in [0.25, 0.3) is 0 Å². The molecule has 0 atom stereocenters. The van der Waals surface area contributed by atoms with Gasteiger partial charge in [0.15, 0.2) is 11.5 Å². The van der Waals surface area contributed by atoms with E-state index in [2.05, 4.69) is 6.07 Å². The molecule has 94 valence electrons. The van der Waals surface area contributed by atoms with Crippen molar-refractivity contribution in [3.8, 4) is 17.6 Å². The number of nitrogens with zero attached hydrogens (tertiary/aromatic N) is 1. The van der Waals surface area contributed by atoms with Crippen molar-refractivity contribution in [3.05, 3.63) is 23.8 Å². The van der Waals surface area contributed by atoms with Crippen molar-refractivity contribution >= 4 is 6.29 Å². The molecule has 0 heterocycles. The largest absolute Gasteiger partial charge is 0.493 e. The smallest absolute Gasteiger partial charge is 0.161 e. The highest BCUT2D eigenvalue weighted by Crippen LogP contribution is 2.49. The van der Waals surface area contributed by atoms with Gasteiger partial charge in [0.1, 0.15) is 6.29 Å². The highest BCUT2D eigenvalue weighted by Gasteiger charge is 2.43. The van der Waals surface area contributed by atoms with Crippen LogP contribution < -0.4 is 9.47 Å². The quantitative estimate of drug-likeness (QED) is 0.723. The molecule has 0 bridgehead atoms. The second-order valence-corrected chi connectivity index (χ2v) is 4.65. The van der Waals surface area contributed by atoms with Gasteiger partial charge in [-0.25, -0.2) is 0 Å². The molecule has 0 spiro atoms. The zero-order valence-electron chi connectivity index (χ0n) is 10.3. The van der Waals surface area contributed by atoms with Crippen LogP contribution in [0.15, 0.2) is 18.2 Å². The number of methoxy groups -OCH3 is 1. The molecule has 2 rings (SSSR count). The topological polar surface area (TPSA) is 59.3 Å². The third kappa shape index (κ3) is 2.62. The summed E-state index contributed by atoms with van der Waals surface area (Å²) in [7, 11) is 1.56. The van der Waals surface area contributed by atoms with Crippen LogP contribution in [0, 0.1) is 16.7 Å². The number of nitriles is 1. The van der Waals surface area contributed by atoms with Crippen molar-refractivity contribution in [2.24, 2.45) is 5.41 Å². The average Bonchev–Trinajstić information content (AvgIpc) is 3.16. The first kappa shape index (κ1) is 12.4. The Bertz CT molecular complexity index is 486. The molecular formula is C14H15NO3. The van der Waals surface area contributed by atoms with Crippen molar-refractivity contribution < 1.29 is 14.3 Å². The maximum absolute atomic E-state index is 10.7. The maximum atomic E-state index is 10.7. The SMILES string of the molecule is COc1ccc(C=O)cc1OCC1(CC#N)CC1. The predicted molar refractivity (Wildman–Crippen MR) is 65.8 cm³/mol. The van der Waals surface area contributed by atoms with Gasteiger partial charge >= 0.3 is 0 Å². The molecule has 1 aliphatic rings. The minimum Gasteiger partial charge on any atom is -0.493 e. The molecule has 1 aromatic carbocycles. The number of aldehydes is 1. The minimum absolute atomic E-state index is 0.0109. The summed E-state index contributed by atoms with van der Waals surface area (Å²) < 4.78 is 10.9. The van der Waals surface area contributed by atoms with Gasteiger partial charge < -0.3 is 9.47 Å². The van der Waals surface area contributed by atoms with Crippen molar-refractivity contribution in [2.45, 2.75) is 19.3 Å². The van der Waals surface area contributed by atoms with E-state index in [9.17, 15) is 4.79 Å². The van der Waals surface area contributed by atoms with Crippen LogP contribution in [0.3, 0.4) is 0 Å². The molecule has 4 nitrogen and oxygen atoms in total. The molecule has 1 aliphatic carbocycles. The van der Waals surface area contributed by atoms with Crippen LogP contribution in [0.2, 0.25) is 0 Å². The first-order chi connectivity index (χ1) is 8.73. The van der Waals surface area contributed by atoms with Gasteiger partial charge in [0.05, 0.1) is 19.8 Å². The lowest BCUT2D eigenvalue weighted by Crippen LogP contribution is -2.13. The molecule has 0 unspecified atom stereocenters. The fourth-order valence-corrected chi connectivity index (χ4v) is 1.83. The number of hydrogen-bond donors (Lipinski definition) is 0. The first-order valence-electron chi connectivity index (χ1n) is 5.86. The third-order valence-electron chi connectivity index (χ3n) is 3.27. The Kier molecular flexibility index (Phi) is 3.52. The zero-order chi connectivity index (χ0) is 13.0. The van der Waals surface area contributed by atoms with Crippen molar-refractivity contribution in [3.63, 3.8) is 0 Å². The fourth-order valence-electron chi connectivity index (χ4n) is 1.83. The van der Waals surface area contributed by atoms with Crippen LogP contribution in [-0.4, -0.2) is 20.0 Å². The number of benzene rings is 1. The summed E-state index contributed by atoms with van der Waals surface area (Å²) in [6.07, 6.45) is 3.34. The van der Waals surface area contributed by atoms with Crippen molar-refractivity contribution in [1.29, 1.82) is 5.26 Å². The molecule has 1 saturated carbocycles. The van der Waals surface area contributed by atoms with Gasteiger partial charge in [-0.3, -0.25) is 4.79 Å². The summed E-state index contributed by atoms with van der Waals surface area (Å²) in [5.74, 6) is 1.17. The van der Waals surface area contributed by atoms with E-state index < -0.39 is 0 Å². The average molecular weight is 245 g/mol. The van der Waals surface area contributed by atoms with Crippen molar-refractivity contribution in [1.82, 2.24) is 0 Å². The second kappa shape index (κ2) is 5.09. The molecule has 4 heteroatoms. The Morgan fingerprint density at radius 1 is 1.44 bits per heavy atom. The third-order valence-corrected chi connectivity index (χ3v) is 3.27. The molecule has 0 aliphatic heterocycles. The monoisotopic (exact) mass is 245 g/mol. The Hall–Kier alpha value is -2.02. The summed E-state index contributed by atoms with van der Waals surface area (Å²) in [6, 6.07) is 7.24. The summed E-state index contributed by atoms with van der Waals surface area (Å²) in [6.45, 7) is 0.499. The maximum Gasteiger partial charge on any atom is 0.161 e. The zero-order valence-corrected chi connectivity index (χ0v) is 10.3. The highest BCUT2D eigenvalue weighted by atomic mass is 16.5. The van der Waals surface area contributed by atoms with Crippen molar-refractivity contribution in [2.75, 3.05) is 13.7 Å². The standard InChI is InChI=1S/C14H15NO3/c1-17-12-3-2-11(9-16)8-13(12)18-10-14(4-5-14)6-7-15/h2-3,8-9H,4-6,10H2,1H3. The van der Waals surface area contributed by atoms with E-state index >= 15 is 0 Å². The molecule has 0 saturated heterocycles.